The molecule has 1 unspecified atom stereocenters. The van der Waals surface area contributed by atoms with Gasteiger partial charge in [0, 0.05) is 24.6 Å². The van der Waals surface area contributed by atoms with Gasteiger partial charge in [0.15, 0.2) is 0 Å². The zero-order chi connectivity index (χ0) is 11.2. The average molecular weight is 236 g/mol. The van der Waals surface area contributed by atoms with Crippen LogP contribution in [0.15, 0.2) is 12.1 Å². The second-order valence-electron chi connectivity index (χ2n) is 4.07. The Hall–Kier alpha value is -0.890. The molecule has 0 amide bonds. The van der Waals surface area contributed by atoms with Crippen LogP contribution in [0, 0.1) is 17.2 Å². The van der Waals surface area contributed by atoms with E-state index in [4.69, 9.17) is 10.00 Å². The lowest BCUT2D eigenvalue weighted by Gasteiger charge is -2.07. The summed E-state index contributed by atoms with van der Waals surface area (Å²) in [6.45, 7) is 3.77. The molecule has 1 fully saturated rings. The molecule has 4 heteroatoms. The average Bonchev–Trinajstić information content (AvgIpc) is 2.95. The van der Waals surface area contributed by atoms with Crippen LogP contribution in [0.1, 0.15) is 22.6 Å². The van der Waals surface area contributed by atoms with Crippen LogP contribution in [-0.4, -0.2) is 19.8 Å². The number of nitriles is 1. The van der Waals surface area contributed by atoms with E-state index in [0.717, 1.165) is 37.1 Å². The van der Waals surface area contributed by atoms with E-state index >= 15 is 0 Å². The molecule has 0 bridgehead atoms. The van der Waals surface area contributed by atoms with Crippen molar-refractivity contribution in [3.8, 4) is 6.07 Å². The molecule has 0 saturated carbocycles. The molecule has 1 aliphatic heterocycles. The van der Waals surface area contributed by atoms with Crippen LogP contribution >= 0.6 is 11.3 Å². The summed E-state index contributed by atoms with van der Waals surface area (Å²) in [7, 11) is 0. The summed E-state index contributed by atoms with van der Waals surface area (Å²) in [5.74, 6) is 0.741. The van der Waals surface area contributed by atoms with E-state index in [0.29, 0.717) is 0 Å². The Kier molecular flexibility index (Phi) is 4.34. The Morgan fingerprint density at radius 1 is 1.56 bits per heavy atom. The minimum Gasteiger partial charge on any atom is -0.381 e. The molecular weight excluding hydrogens is 220 g/mol. The van der Waals surface area contributed by atoms with E-state index < -0.39 is 0 Å². The summed E-state index contributed by atoms with van der Waals surface area (Å²) in [6, 6.07) is 6.06. The van der Waals surface area contributed by atoms with Crippen LogP contribution in [0.25, 0.3) is 0 Å². The van der Waals surface area contributed by atoms with Gasteiger partial charge in [-0.1, -0.05) is 0 Å². The number of ether oxygens (including phenoxy) is 1. The summed E-state index contributed by atoms with van der Waals surface area (Å²) in [5, 5.41) is 12.1. The molecule has 1 aliphatic rings. The number of rotatable bonds is 5. The Morgan fingerprint density at radius 2 is 2.50 bits per heavy atom. The first-order chi connectivity index (χ1) is 7.88. The van der Waals surface area contributed by atoms with Gasteiger partial charge < -0.3 is 10.1 Å². The van der Waals surface area contributed by atoms with Gasteiger partial charge in [-0.3, -0.25) is 0 Å². The van der Waals surface area contributed by atoms with Gasteiger partial charge in [-0.2, -0.15) is 5.26 Å². The van der Waals surface area contributed by atoms with Crippen LogP contribution in [0.3, 0.4) is 0 Å². The number of hydrogen-bond donors (Lipinski definition) is 1. The lowest BCUT2D eigenvalue weighted by Crippen LogP contribution is -2.17. The van der Waals surface area contributed by atoms with Gasteiger partial charge in [-0.25, -0.2) is 0 Å². The summed E-state index contributed by atoms with van der Waals surface area (Å²) < 4.78 is 5.33. The normalized spacial score (nSPS) is 19.8. The number of nitrogens with one attached hydrogen (secondary N) is 1. The van der Waals surface area contributed by atoms with Crippen molar-refractivity contribution >= 4 is 11.3 Å². The molecule has 0 aliphatic carbocycles. The number of thiophene rings is 1. The largest absolute Gasteiger partial charge is 0.381 e. The number of hydrogen-bond acceptors (Lipinski definition) is 4. The molecule has 0 radical (unpaired) electrons. The van der Waals surface area contributed by atoms with Gasteiger partial charge in [0.25, 0.3) is 0 Å². The molecule has 1 atom stereocenters. The molecule has 1 aromatic rings. The van der Waals surface area contributed by atoms with Gasteiger partial charge in [-0.05, 0) is 37.4 Å². The summed E-state index contributed by atoms with van der Waals surface area (Å²) in [4.78, 5) is 2.03. The van der Waals surface area contributed by atoms with Crippen LogP contribution in [0.2, 0.25) is 0 Å². The predicted octanol–water partition coefficient (Wildman–Crippen LogP) is 2.14. The van der Waals surface area contributed by atoms with Gasteiger partial charge in [-0.15, -0.1) is 11.3 Å². The van der Waals surface area contributed by atoms with Crippen molar-refractivity contribution in [1.29, 1.82) is 5.26 Å². The van der Waals surface area contributed by atoms with Crippen LogP contribution in [0.4, 0.5) is 0 Å². The maximum absolute atomic E-state index is 8.69. The molecule has 2 rings (SSSR count). The summed E-state index contributed by atoms with van der Waals surface area (Å²) in [5.41, 5.74) is 0. The van der Waals surface area contributed by atoms with Crippen molar-refractivity contribution in [3.63, 3.8) is 0 Å². The van der Waals surface area contributed by atoms with E-state index in [1.807, 2.05) is 12.1 Å². The second-order valence-corrected chi connectivity index (χ2v) is 5.24. The summed E-state index contributed by atoms with van der Waals surface area (Å²) >= 11 is 1.57. The van der Waals surface area contributed by atoms with Crippen molar-refractivity contribution in [2.24, 2.45) is 5.92 Å². The highest BCUT2D eigenvalue weighted by Crippen LogP contribution is 2.16. The van der Waals surface area contributed by atoms with Gasteiger partial charge in [0.05, 0.1) is 0 Å². The minimum absolute atomic E-state index is 0.741. The Morgan fingerprint density at radius 3 is 3.19 bits per heavy atom. The Balaban J connectivity index is 1.62. The molecule has 1 N–H and O–H groups in total. The topological polar surface area (TPSA) is 45.0 Å². The molecule has 16 heavy (non-hydrogen) atoms. The maximum Gasteiger partial charge on any atom is 0.110 e. The predicted molar refractivity (Wildman–Crippen MR) is 64.3 cm³/mol. The van der Waals surface area contributed by atoms with Gasteiger partial charge in [0.2, 0.25) is 0 Å². The standard InChI is InChI=1S/C12H16N2OS/c13-7-11-1-2-12(16-11)8-14-5-3-10-4-6-15-9-10/h1-2,10,14H,3-6,8-9H2. The smallest absolute Gasteiger partial charge is 0.110 e. The fourth-order valence-corrected chi connectivity index (χ4v) is 2.64. The van der Waals surface area contributed by atoms with Crippen molar-refractivity contribution in [3.05, 3.63) is 21.9 Å². The first kappa shape index (κ1) is 11.6. The first-order valence-electron chi connectivity index (χ1n) is 5.66. The van der Waals surface area contributed by atoms with Gasteiger partial charge >= 0.3 is 0 Å². The molecule has 1 saturated heterocycles. The molecule has 2 heterocycles. The van der Waals surface area contributed by atoms with E-state index in [1.165, 1.54) is 17.7 Å². The van der Waals surface area contributed by atoms with E-state index in [2.05, 4.69) is 11.4 Å². The van der Waals surface area contributed by atoms with Gasteiger partial charge in [0.1, 0.15) is 10.9 Å². The van der Waals surface area contributed by atoms with E-state index in [-0.39, 0.29) is 0 Å². The molecule has 86 valence electrons. The fourth-order valence-electron chi connectivity index (χ4n) is 1.86. The van der Waals surface area contributed by atoms with Crippen molar-refractivity contribution in [1.82, 2.24) is 5.32 Å². The highest BCUT2D eigenvalue weighted by Gasteiger charge is 2.14. The zero-order valence-corrected chi connectivity index (χ0v) is 10.1. The third kappa shape index (κ3) is 3.31. The molecular formula is C12H16N2OS. The third-order valence-electron chi connectivity index (χ3n) is 2.82. The van der Waals surface area contributed by atoms with Crippen LogP contribution < -0.4 is 5.32 Å². The minimum atomic E-state index is 0.741. The van der Waals surface area contributed by atoms with E-state index in [1.54, 1.807) is 11.3 Å². The zero-order valence-electron chi connectivity index (χ0n) is 9.24. The number of nitrogens with zero attached hydrogens (tertiary/aromatic N) is 1. The SMILES string of the molecule is N#Cc1ccc(CNCCC2CCOC2)s1. The summed E-state index contributed by atoms with van der Waals surface area (Å²) in [6.07, 6.45) is 2.40. The van der Waals surface area contributed by atoms with Crippen molar-refractivity contribution in [2.75, 3.05) is 19.8 Å². The van der Waals surface area contributed by atoms with Crippen molar-refractivity contribution < 1.29 is 4.74 Å². The Labute approximate surface area is 100 Å². The van der Waals surface area contributed by atoms with Crippen molar-refractivity contribution in [2.45, 2.75) is 19.4 Å². The molecule has 0 spiro atoms. The lowest BCUT2D eigenvalue weighted by atomic mass is 10.1. The highest BCUT2D eigenvalue weighted by molar-refractivity contribution is 7.12. The lowest BCUT2D eigenvalue weighted by molar-refractivity contribution is 0.184. The maximum atomic E-state index is 8.69. The van der Waals surface area contributed by atoms with E-state index in [9.17, 15) is 0 Å². The molecule has 1 aromatic heterocycles. The first-order valence-corrected chi connectivity index (χ1v) is 6.47. The molecule has 0 aromatic carbocycles. The second kappa shape index (κ2) is 6.00. The third-order valence-corrected chi connectivity index (χ3v) is 3.81. The molecule has 3 nitrogen and oxygen atoms in total. The monoisotopic (exact) mass is 236 g/mol. The van der Waals surface area contributed by atoms with Crippen LogP contribution in [-0.2, 0) is 11.3 Å². The fraction of sp³-hybridized carbons (Fsp3) is 0.583. The highest BCUT2D eigenvalue weighted by atomic mass is 32.1. The quantitative estimate of drug-likeness (QED) is 0.797. The Bertz CT molecular complexity index is 363. The van der Waals surface area contributed by atoms with Crippen LogP contribution in [0.5, 0.6) is 0 Å².